The van der Waals surface area contributed by atoms with Gasteiger partial charge in [-0.3, -0.25) is 0 Å². The number of rotatable bonds is 3. The van der Waals surface area contributed by atoms with Crippen LogP contribution in [0.2, 0.25) is 0 Å². The molecule has 1 heterocycles. The largest absolute Gasteiger partial charge is 0.476 e. The number of carboxylic acid groups (broad SMARTS) is 2. The molecule has 1 aromatic heterocycles. The van der Waals surface area contributed by atoms with Crippen molar-refractivity contribution in [1.29, 1.82) is 5.26 Å². The maximum absolute atomic E-state index is 10.8. The molecule has 1 aromatic carbocycles. The van der Waals surface area contributed by atoms with Crippen molar-refractivity contribution in [3.05, 3.63) is 41.3 Å². The minimum absolute atomic E-state index is 0.126. The second kappa shape index (κ2) is 4.62. The van der Waals surface area contributed by atoms with E-state index in [1.807, 2.05) is 6.07 Å². The molecule has 0 aliphatic carbocycles. The molecule has 19 heavy (non-hydrogen) atoms. The normalized spacial score (nSPS) is 9.84. The molecule has 2 rings (SSSR count). The topological polar surface area (TPSA) is 124 Å². The van der Waals surface area contributed by atoms with Crippen LogP contribution in [0.4, 0.5) is 0 Å². The summed E-state index contributed by atoms with van der Waals surface area (Å²) in [6.45, 7) is 0. The van der Waals surface area contributed by atoms with Crippen molar-refractivity contribution in [2.24, 2.45) is 0 Å². The van der Waals surface area contributed by atoms with Gasteiger partial charge < -0.3 is 14.6 Å². The molecule has 7 nitrogen and oxygen atoms in total. The molecule has 2 aromatic rings. The minimum atomic E-state index is -1.51. The summed E-state index contributed by atoms with van der Waals surface area (Å²) in [6, 6.07) is 7.87. The Morgan fingerprint density at radius 2 is 1.79 bits per heavy atom. The van der Waals surface area contributed by atoms with E-state index in [9.17, 15) is 9.59 Å². The zero-order valence-corrected chi connectivity index (χ0v) is 9.32. The van der Waals surface area contributed by atoms with Crippen LogP contribution in [-0.4, -0.2) is 27.1 Å². The summed E-state index contributed by atoms with van der Waals surface area (Å²) in [6.07, 6.45) is 0. The van der Waals surface area contributed by atoms with Gasteiger partial charge in [-0.2, -0.15) is 5.26 Å². The maximum atomic E-state index is 10.8. The SMILES string of the molecule is N#Cc1ccc(-c2nc(C(=O)O)c(C(=O)O)o2)cc1. The molecule has 0 bridgehead atoms. The second-order valence-corrected chi connectivity index (χ2v) is 3.50. The van der Waals surface area contributed by atoms with Gasteiger partial charge >= 0.3 is 11.9 Å². The van der Waals surface area contributed by atoms with Crippen LogP contribution in [-0.2, 0) is 0 Å². The molecular formula is C12H6N2O5. The van der Waals surface area contributed by atoms with E-state index in [1.54, 1.807) is 0 Å². The van der Waals surface area contributed by atoms with Gasteiger partial charge in [-0.25, -0.2) is 14.6 Å². The third-order valence-corrected chi connectivity index (χ3v) is 2.28. The zero-order valence-electron chi connectivity index (χ0n) is 9.32. The first-order valence-electron chi connectivity index (χ1n) is 5.01. The van der Waals surface area contributed by atoms with Crippen molar-refractivity contribution >= 4 is 11.9 Å². The van der Waals surface area contributed by atoms with E-state index in [0.717, 1.165) is 0 Å². The standard InChI is InChI=1S/C12H6N2O5/c13-5-6-1-3-7(4-2-6)10-14-8(11(15)16)9(19-10)12(17)18/h1-4H,(H,15,16)(H,17,18). The highest BCUT2D eigenvalue weighted by atomic mass is 16.4. The van der Waals surface area contributed by atoms with Crippen LogP contribution in [0.5, 0.6) is 0 Å². The van der Waals surface area contributed by atoms with E-state index in [-0.39, 0.29) is 5.89 Å². The number of hydrogen-bond donors (Lipinski definition) is 2. The number of aromatic nitrogens is 1. The molecule has 0 unspecified atom stereocenters. The van der Waals surface area contributed by atoms with Crippen LogP contribution >= 0.6 is 0 Å². The van der Waals surface area contributed by atoms with E-state index < -0.39 is 23.4 Å². The molecule has 0 saturated heterocycles. The summed E-state index contributed by atoms with van der Waals surface area (Å²) in [5, 5.41) is 26.3. The highest BCUT2D eigenvalue weighted by Crippen LogP contribution is 2.22. The molecule has 0 radical (unpaired) electrons. The molecule has 0 amide bonds. The first-order chi connectivity index (χ1) is 9.02. The first-order valence-corrected chi connectivity index (χ1v) is 5.01. The van der Waals surface area contributed by atoms with Gasteiger partial charge in [-0.1, -0.05) is 0 Å². The lowest BCUT2D eigenvalue weighted by molar-refractivity contribution is 0.0624. The van der Waals surface area contributed by atoms with Gasteiger partial charge in [0.1, 0.15) is 0 Å². The fraction of sp³-hybridized carbons (Fsp3) is 0. The summed E-state index contributed by atoms with van der Waals surface area (Å²) in [7, 11) is 0. The van der Waals surface area contributed by atoms with Crippen molar-refractivity contribution in [2.75, 3.05) is 0 Å². The van der Waals surface area contributed by atoms with Crippen LogP contribution in [0.15, 0.2) is 28.7 Å². The Balaban J connectivity index is 2.51. The van der Waals surface area contributed by atoms with Crippen LogP contribution < -0.4 is 0 Å². The molecule has 0 aliphatic rings. The summed E-state index contributed by atoms with van der Waals surface area (Å²) in [4.78, 5) is 25.3. The van der Waals surface area contributed by atoms with E-state index >= 15 is 0 Å². The lowest BCUT2D eigenvalue weighted by Crippen LogP contribution is -2.05. The quantitative estimate of drug-likeness (QED) is 0.856. The molecule has 2 N–H and O–H groups in total. The summed E-state index contributed by atoms with van der Waals surface area (Å²) in [5.74, 6) is -3.85. The highest BCUT2D eigenvalue weighted by molar-refractivity contribution is 5.98. The van der Waals surface area contributed by atoms with E-state index in [1.165, 1.54) is 24.3 Å². The molecule has 0 atom stereocenters. The number of nitrogens with zero attached hydrogens (tertiary/aromatic N) is 2. The molecule has 94 valence electrons. The third kappa shape index (κ3) is 2.28. The molecule has 0 fully saturated rings. The Morgan fingerprint density at radius 1 is 1.16 bits per heavy atom. The van der Waals surface area contributed by atoms with Crippen molar-refractivity contribution < 1.29 is 24.2 Å². The third-order valence-electron chi connectivity index (χ3n) is 2.28. The number of oxazole rings is 1. The maximum Gasteiger partial charge on any atom is 0.374 e. The van der Waals surface area contributed by atoms with Crippen LogP contribution in [0.3, 0.4) is 0 Å². The molecule has 7 heteroatoms. The molecule has 0 saturated carbocycles. The van der Waals surface area contributed by atoms with Crippen molar-refractivity contribution in [3.63, 3.8) is 0 Å². The minimum Gasteiger partial charge on any atom is -0.476 e. The number of carboxylic acids is 2. The van der Waals surface area contributed by atoms with E-state index in [2.05, 4.69) is 4.98 Å². The number of nitriles is 1. The smallest absolute Gasteiger partial charge is 0.374 e. The van der Waals surface area contributed by atoms with Crippen LogP contribution in [0.1, 0.15) is 26.6 Å². The Hall–Kier alpha value is -3.14. The predicted molar refractivity (Wildman–Crippen MR) is 60.6 cm³/mol. The van der Waals surface area contributed by atoms with Gasteiger partial charge in [0.05, 0.1) is 11.6 Å². The van der Waals surface area contributed by atoms with Gasteiger partial charge in [0.15, 0.2) is 0 Å². The predicted octanol–water partition coefficient (Wildman–Crippen LogP) is 1.61. The molecule has 0 spiro atoms. The van der Waals surface area contributed by atoms with Gasteiger partial charge in [-0.05, 0) is 24.3 Å². The lowest BCUT2D eigenvalue weighted by atomic mass is 10.1. The fourth-order valence-electron chi connectivity index (χ4n) is 1.42. The number of benzene rings is 1. The number of hydrogen-bond acceptors (Lipinski definition) is 5. The summed E-state index contributed by atoms with van der Waals surface area (Å²) >= 11 is 0. The monoisotopic (exact) mass is 258 g/mol. The van der Waals surface area contributed by atoms with Crippen LogP contribution in [0.25, 0.3) is 11.5 Å². The number of aromatic carboxylic acids is 2. The van der Waals surface area contributed by atoms with Gasteiger partial charge in [0.25, 0.3) is 0 Å². The van der Waals surface area contributed by atoms with E-state index in [4.69, 9.17) is 19.9 Å². The van der Waals surface area contributed by atoms with E-state index in [0.29, 0.717) is 11.1 Å². The number of carbonyl (C=O) groups is 2. The average Bonchev–Trinajstić information content (AvgIpc) is 2.84. The Kier molecular flexibility index (Phi) is 3.00. The fourth-order valence-corrected chi connectivity index (χ4v) is 1.42. The Labute approximate surface area is 106 Å². The van der Waals surface area contributed by atoms with Gasteiger partial charge in [-0.15, -0.1) is 0 Å². The highest BCUT2D eigenvalue weighted by Gasteiger charge is 2.25. The van der Waals surface area contributed by atoms with Crippen molar-refractivity contribution in [2.45, 2.75) is 0 Å². The van der Waals surface area contributed by atoms with Gasteiger partial charge in [0, 0.05) is 5.56 Å². The summed E-state index contributed by atoms with van der Waals surface area (Å²) < 4.78 is 4.92. The second-order valence-electron chi connectivity index (χ2n) is 3.50. The van der Waals surface area contributed by atoms with Crippen LogP contribution in [0, 0.1) is 11.3 Å². The summed E-state index contributed by atoms with van der Waals surface area (Å²) in [5.41, 5.74) is 0.132. The van der Waals surface area contributed by atoms with Crippen molar-refractivity contribution in [1.82, 2.24) is 4.98 Å². The zero-order chi connectivity index (χ0) is 14.0. The van der Waals surface area contributed by atoms with Gasteiger partial charge in [0.2, 0.25) is 17.3 Å². The average molecular weight is 258 g/mol. The first kappa shape index (κ1) is 12.3. The lowest BCUT2D eigenvalue weighted by Gasteiger charge is -1.94. The molecule has 0 aliphatic heterocycles. The Morgan fingerprint density at radius 3 is 2.21 bits per heavy atom. The Bertz CT molecular complexity index is 662. The van der Waals surface area contributed by atoms with Crippen molar-refractivity contribution in [3.8, 4) is 17.5 Å². The molecular weight excluding hydrogens is 252 g/mol.